The molecule has 1 aromatic heterocycles. The number of nitrogens with zero attached hydrogens (tertiary/aromatic N) is 3. The van der Waals surface area contributed by atoms with E-state index in [0.29, 0.717) is 24.0 Å². The van der Waals surface area contributed by atoms with Gasteiger partial charge in [-0.3, -0.25) is 0 Å². The van der Waals surface area contributed by atoms with Gasteiger partial charge in [-0.05, 0) is 43.2 Å². The van der Waals surface area contributed by atoms with Crippen LogP contribution in [0.25, 0.3) is 16.6 Å². The van der Waals surface area contributed by atoms with Crippen LogP contribution < -0.4 is 4.74 Å². The summed E-state index contributed by atoms with van der Waals surface area (Å²) in [6, 6.07) is 10.3. The van der Waals surface area contributed by atoms with Crippen molar-refractivity contribution in [2.45, 2.75) is 12.8 Å². The maximum absolute atomic E-state index is 14.3. The van der Waals surface area contributed by atoms with Gasteiger partial charge in [0.25, 0.3) is 0 Å². The smallest absolute Gasteiger partial charge is 0.407 e. The van der Waals surface area contributed by atoms with Crippen LogP contribution in [0, 0.1) is 17.6 Å². The number of benzene rings is 2. The molecular formula is C20H19F2N3O3. The van der Waals surface area contributed by atoms with Crippen LogP contribution in [0.1, 0.15) is 12.8 Å². The Morgan fingerprint density at radius 1 is 1.25 bits per heavy atom. The molecule has 0 bridgehead atoms. The fourth-order valence-corrected chi connectivity index (χ4v) is 3.55. The van der Waals surface area contributed by atoms with Crippen LogP contribution in [-0.2, 0) is 0 Å². The summed E-state index contributed by atoms with van der Waals surface area (Å²) in [5.41, 5.74) is 0.765. The maximum Gasteiger partial charge on any atom is 0.407 e. The van der Waals surface area contributed by atoms with E-state index in [1.807, 2.05) is 0 Å². The molecule has 0 radical (unpaired) electrons. The molecule has 8 heteroatoms. The third-order valence-corrected chi connectivity index (χ3v) is 4.93. The molecule has 2 heterocycles. The Bertz CT molecular complexity index is 1020. The van der Waals surface area contributed by atoms with E-state index in [9.17, 15) is 13.6 Å². The van der Waals surface area contributed by atoms with E-state index in [1.54, 1.807) is 18.2 Å². The second-order valence-corrected chi connectivity index (χ2v) is 6.88. The van der Waals surface area contributed by atoms with Crippen molar-refractivity contribution in [3.8, 4) is 11.6 Å². The lowest BCUT2D eigenvalue weighted by Gasteiger charge is -2.30. The normalized spacial score (nSPS) is 17.1. The monoisotopic (exact) mass is 387 g/mol. The highest BCUT2D eigenvalue weighted by Gasteiger charge is 2.24. The maximum atomic E-state index is 14.3. The van der Waals surface area contributed by atoms with E-state index in [-0.39, 0.29) is 24.1 Å². The van der Waals surface area contributed by atoms with E-state index in [0.717, 1.165) is 12.8 Å². The van der Waals surface area contributed by atoms with Gasteiger partial charge >= 0.3 is 6.09 Å². The molecule has 4 rings (SSSR count). The Labute approximate surface area is 159 Å². The molecule has 0 unspecified atom stereocenters. The summed E-state index contributed by atoms with van der Waals surface area (Å²) < 4.78 is 35.3. The van der Waals surface area contributed by atoms with E-state index >= 15 is 0 Å². The Morgan fingerprint density at radius 3 is 2.86 bits per heavy atom. The molecule has 0 spiro atoms. The molecule has 1 saturated heterocycles. The number of fused-ring (bicyclic) bond motifs is 1. The van der Waals surface area contributed by atoms with Crippen LogP contribution in [0.15, 0.2) is 42.5 Å². The van der Waals surface area contributed by atoms with Crippen molar-refractivity contribution in [1.82, 2.24) is 14.7 Å². The fraction of sp³-hybridized carbons (Fsp3) is 0.300. The number of hydrogen-bond acceptors (Lipinski definition) is 3. The zero-order valence-corrected chi connectivity index (χ0v) is 15.0. The van der Waals surface area contributed by atoms with Crippen LogP contribution in [0.2, 0.25) is 0 Å². The summed E-state index contributed by atoms with van der Waals surface area (Å²) in [6.45, 7) is 1.15. The average molecular weight is 387 g/mol. The Morgan fingerprint density at radius 2 is 2.07 bits per heavy atom. The fourth-order valence-electron chi connectivity index (χ4n) is 3.55. The van der Waals surface area contributed by atoms with Gasteiger partial charge in [0.1, 0.15) is 17.3 Å². The Balaban J connectivity index is 1.63. The van der Waals surface area contributed by atoms with Crippen LogP contribution >= 0.6 is 0 Å². The molecule has 6 nitrogen and oxygen atoms in total. The Hall–Kier alpha value is -3.16. The number of piperidine rings is 1. The van der Waals surface area contributed by atoms with Gasteiger partial charge in [-0.25, -0.2) is 18.3 Å². The standard InChI is InChI=1S/C20H19F2N3O3/c21-14-7-8-17-15(10-14)19(23-25(17)18-6-2-1-5-16(18)22)28-12-13-4-3-9-24(11-13)20(26)27/h1-2,5-8,10,13H,3-4,9,11-12H2,(H,26,27)/t13-/m0/s1. The van der Waals surface area contributed by atoms with E-state index in [1.165, 1.54) is 33.8 Å². The summed E-state index contributed by atoms with van der Waals surface area (Å²) in [5, 5.41) is 14.0. The van der Waals surface area contributed by atoms with Crippen LogP contribution in [0.4, 0.5) is 13.6 Å². The zero-order chi connectivity index (χ0) is 19.7. The molecule has 1 aliphatic heterocycles. The molecule has 146 valence electrons. The van der Waals surface area contributed by atoms with Gasteiger partial charge < -0.3 is 14.7 Å². The predicted octanol–water partition coefficient (Wildman–Crippen LogP) is 4.07. The summed E-state index contributed by atoms with van der Waals surface area (Å²) in [6.07, 6.45) is 0.657. The number of para-hydroxylation sites is 1. The molecule has 3 aromatic rings. The molecule has 1 aliphatic rings. The first-order chi connectivity index (χ1) is 13.5. The van der Waals surface area contributed by atoms with Gasteiger partial charge in [0, 0.05) is 19.0 Å². The van der Waals surface area contributed by atoms with Gasteiger partial charge in [-0.15, -0.1) is 5.10 Å². The minimum absolute atomic E-state index is 0.0204. The molecule has 1 atom stereocenters. The van der Waals surface area contributed by atoms with E-state index in [2.05, 4.69) is 5.10 Å². The highest BCUT2D eigenvalue weighted by molar-refractivity contribution is 5.86. The summed E-state index contributed by atoms with van der Waals surface area (Å²) in [4.78, 5) is 12.5. The molecule has 0 saturated carbocycles. The highest BCUT2D eigenvalue weighted by Crippen LogP contribution is 2.30. The van der Waals surface area contributed by atoms with Crippen LogP contribution in [0.3, 0.4) is 0 Å². The number of likely N-dealkylation sites (tertiary alicyclic amines) is 1. The largest absolute Gasteiger partial charge is 0.476 e. The second kappa shape index (κ2) is 7.46. The van der Waals surface area contributed by atoms with Crippen molar-refractivity contribution < 1.29 is 23.4 Å². The van der Waals surface area contributed by atoms with Crippen molar-refractivity contribution in [2.75, 3.05) is 19.7 Å². The van der Waals surface area contributed by atoms with E-state index < -0.39 is 17.7 Å². The summed E-state index contributed by atoms with van der Waals surface area (Å²) in [5.74, 6) is -0.676. The summed E-state index contributed by atoms with van der Waals surface area (Å²) in [7, 11) is 0. The third kappa shape index (κ3) is 3.49. The first-order valence-electron chi connectivity index (χ1n) is 9.07. The van der Waals surface area contributed by atoms with Gasteiger partial charge in [-0.2, -0.15) is 0 Å². The molecular weight excluding hydrogens is 368 g/mol. The number of halogens is 2. The van der Waals surface area contributed by atoms with Crippen molar-refractivity contribution >= 4 is 17.0 Å². The third-order valence-electron chi connectivity index (χ3n) is 4.93. The van der Waals surface area contributed by atoms with Crippen molar-refractivity contribution in [3.63, 3.8) is 0 Å². The molecule has 1 amide bonds. The van der Waals surface area contributed by atoms with Crippen molar-refractivity contribution in [2.24, 2.45) is 5.92 Å². The predicted molar refractivity (Wildman–Crippen MR) is 98.8 cm³/mol. The molecule has 28 heavy (non-hydrogen) atoms. The zero-order valence-electron chi connectivity index (χ0n) is 15.0. The van der Waals surface area contributed by atoms with E-state index in [4.69, 9.17) is 9.84 Å². The topological polar surface area (TPSA) is 67.6 Å². The Kier molecular flexibility index (Phi) is 4.85. The molecule has 1 fully saturated rings. The average Bonchev–Trinajstić information content (AvgIpc) is 3.04. The number of aromatic nitrogens is 2. The number of hydrogen-bond donors (Lipinski definition) is 1. The van der Waals surface area contributed by atoms with Gasteiger partial charge in [0.05, 0.1) is 17.5 Å². The molecule has 1 N–H and O–H groups in total. The molecule has 2 aromatic carbocycles. The molecule has 0 aliphatic carbocycles. The van der Waals surface area contributed by atoms with Crippen LogP contribution in [0.5, 0.6) is 5.88 Å². The lowest BCUT2D eigenvalue weighted by molar-refractivity contribution is 0.104. The summed E-state index contributed by atoms with van der Waals surface area (Å²) >= 11 is 0. The van der Waals surface area contributed by atoms with Crippen molar-refractivity contribution in [1.29, 1.82) is 0 Å². The number of rotatable bonds is 4. The lowest BCUT2D eigenvalue weighted by Crippen LogP contribution is -2.40. The highest BCUT2D eigenvalue weighted by atomic mass is 19.1. The first kappa shape index (κ1) is 18.2. The van der Waals surface area contributed by atoms with Crippen LogP contribution in [-0.4, -0.2) is 45.6 Å². The minimum atomic E-state index is -0.943. The quantitative estimate of drug-likeness (QED) is 0.733. The minimum Gasteiger partial charge on any atom is -0.476 e. The van der Waals surface area contributed by atoms with Gasteiger partial charge in [0.15, 0.2) is 0 Å². The number of ether oxygens (including phenoxy) is 1. The van der Waals surface area contributed by atoms with Gasteiger partial charge in [0.2, 0.25) is 5.88 Å². The SMILES string of the molecule is O=C(O)N1CCC[C@H](COc2nn(-c3ccccc3F)c3ccc(F)cc23)C1. The second-order valence-electron chi connectivity index (χ2n) is 6.88. The number of carbonyl (C=O) groups is 1. The first-order valence-corrected chi connectivity index (χ1v) is 9.07. The number of amides is 1. The lowest BCUT2D eigenvalue weighted by atomic mass is 9.99. The van der Waals surface area contributed by atoms with Gasteiger partial charge in [-0.1, -0.05) is 12.1 Å². The van der Waals surface area contributed by atoms with Crippen molar-refractivity contribution in [3.05, 3.63) is 54.1 Å². The number of carboxylic acid groups (broad SMARTS) is 1.